The largest absolute Gasteiger partial charge is 0.379 e. The van der Waals surface area contributed by atoms with E-state index in [-0.39, 0.29) is 5.91 Å². The highest BCUT2D eigenvalue weighted by Crippen LogP contribution is 2.51. The molecule has 2 aliphatic rings. The van der Waals surface area contributed by atoms with Gasteiger partial charge in [0, 0.05) is 12.3 Å². The first-order valence-electron chi connectivity index (χ1n) is 6.07. The maximum atomic E-state index is 11.9. The van der Waals surface area contributed by atoms with Gasteiger partial charge >= 0.3 is 0 Å². The van der Waals surface area contributed by atoms with Crippen LogP contribution in [-0.4, -0.2) is 34.7 Å². The van der Waals surface area contributed by atoms with Gasteiger partial charge in [-0.1, -0.05) is 13.8 Å². The lowest BCUT2D eigenvalue weighted by atomic mass is 9.92. The molecule has 92 valence electrons. The normalized spacial score (nSPS) is 31.8. The summed E-state index contributed by atoms with van der Waals surface area (Å²) in [7, 11) is 0. The molecule has 4 heteroatoms. The summed E-state index contributed by atoms with van der Waals surface area (Å²) in [4.78, 5) is 11.9. The minimum Gasteiger partial charge on any atom is -0.379 e. The Morgan fingerprint density at radius 3 is 2.56 bits per heavy atom. The highest BCUT2D eigenvalue weighted by Gasteiger charge is 2.47. The monoisotopic (exact) mass is 243 g/mol. The van der Waals surface area contributed by atoms with Crippen molar-refractivity contribution in [3.05, 3.63) is 0 Å². The maximum absolute atomic E-state index is 11.9. The number of amides is 1. The molecule has 1 unspecified atom stereocenters. The molecule has 1 saturated carbocycles. The van der Waals surface area contributed by atoms with Gasteiger partial charge in [-0.3, -0.25) is 4.79 Å². The van der Waals surface area contributed by atoms with Crippen LogP contribution in [0.15, 0.2) is 0 Å². The van der Waals surface area contributed by atoms with E-state index in [1.54, 1.807) is 11.8 Å². The molecule has 0 aromatic rings. The number of aliphatic hydroxyl groups is 1. The van der Waals surface area contributed by atoms with Crippen LogP contribution in [0.25, 0.3) is 0 Å². The van der Waals surface area contributed by atoms with Crippen LogP contribution in [0.2, 0.25) is 0 Å². The predicted octanol–water partition coefficient (Wildman–Crippen LogP) is 1.41. The summed E-state index contributed by atoms with van der Waals surface area (Å²) in [6, 6.07) is 0. The van der Waals surface area contributed by atoms with Crippen molar-refractivity contribution in [2.45, 2.75) is 38.7 Å². The number of nitrogens with one attached hydrogen (secondary N) is 1. The molecule has 0 spiro atoms. The Kier molecular flexibility index (Phi) is 3.23. The quantitative estimate of drug-likeness (QED) is 0.785. The van der Waals surface area contributed by atoms with Crippen LogP contribution in [0.3, 0.4) is 0 Å². The standard InChI is InChI=1S/C12H21NO2S/c1-9(2)11(3-4-11)7-13-10(14)12(15)5-6-16-8-12/h9,15H,3-8H2,1-2H3,(H,13,14). The van der Waals surface area contributed by atoms with Gasteiger partial charge < -0.3 is 10.4 Å². The maximum Gasteiger partial charge on any atom is 0.252 e. The zero-order valence-corrected chi connectivity index (χ0v) is 10.9. The van der Waals surface area contributed by atoms with Crippen LogP contribution in [0.1, 0.15) is 33.1 Å². The summed E-state index contributed by atoms with van der Waals surface area (Å²) in [5.74, 6) is 1.89. The lowest BCUT2D eigenvalue weighted by Gasteiger charge is -2.24. The van der Waals surface area contributed by atoms with Gasteiger partial charge in [-0.2, -0.15) is 11.8 Å². The average Bonchev–Trinajstić information content (AvgIpc) is 2.92. The smallest absolute Gasteiger partial charge is 0.252 e. The van der Waals surface area contributed by atoms with Gasteiger partial charge in [0.1, 0.15) is 0 Å². The van der Waals surface area contributed by atoms with Crippen LogP contribution >= 0.6 is 11.8 Å². The molecule has 1 amide bonds. The van der Waals surface area contributed by atoms with E-state index in [4.69, 9.17) is 0 Å². The third-order valence-electron chi connectivity index (χ3n) is 4.14. The summed E-state index contributed by atoms with van der Waals surface area (Å²) >= 11 is 1.65. The highest BCUT2D eigenvalue weighted by atomic mass is 32.2. The molecular weight excluding hydrogens is 222 g/mol. The van der Waals surface area contributed by atoms with Crippen LogP contribution in [0.4, 0.5) is 0 Å². The molecule has 2 N–H and O–H groups in total. The fourth-order valence-corrected chi connectivity index (χ4v) is 3.51. The van der Waals surface area contributed by atoms with Crippen molar-refractivity contribution < 1.29 is 9.90 Å². The Bertz CT molecular complexity index is 281. The van der Waals surface area contributed by atoms with E-state index in [1.807, 2.05) is 0 Å². The van der Waals surface area contributed by atoms with E-state index in [2.05, 4.69) is 19.2 Å². The van der Waals surface area contributed by atoms with E-state index in [9.17, 15) is 9.90 Å². The Labute approximate surface area is 101 Å². The summed E-state index contributed by atoms with van der Waals surface area (Å²) in [6.07, 6.45) is 3.01. The van der Waals surface area contributed by atoms with Crippen LogP contribution in [0, 0.1) is 11.3 Å². The lowest BCUT2D eigenvalue weighted by Crippen LogP contribution is -2.48. The fraction of sp³-hybridized carbons (Fsp3) is 0.917. The third kappa shape index (κ3) is 2.23. The van der Waals surface area contributed by atoms with E-state index >= 15 is 0 Å². The van der Waals surface area contributed by atoms with Crippen molar-refractivity contribution in [2.24, 2.45) is 11.3 Å². The van der Waals surface area contributed by atoms with Crippen molar-refractivity contribution >= 4 is 17.7 Å². The minimum atomic E-state index is -1.10. The molecule has 1 heterocycles. The van der Waals surface area contributed by atoms with E-state index in [1.165, 1.54) is 12.8 Å². The number of hydrogen-bond donors (Lipinski definition) is 2. The van der Waals surface area contributed by atoms with Gasteiger partial charge in [-0.25, -0.2) is 0 Å². The summed E-state index contributed by atoms with van der Waals surface area (Å²) in [5.41, 5.74) is -0.782. The number of hydrogen-bond acceptors (Lipinski definition) is 3. The van der Waals surface area contributed by atoms with Crippen molar-refractivity contribution in [3.63, 3.8) is 0 Å². The first-order chi connectivity index (χ1) is 7.49. The second kappa shape index (κ2) is 4.22. The molecule has 1 atom stereocenters. The van der Waals surface area contributed by atoms with Crippen LogP contribution in [-0.2, 0) is 4.79 Å². The lowest BCUT2D eigenvalue weighted by molar-refractivity contribution is -0.137. The summed E-state index contributed by atoms with van der Waals surface area (Å²) in [6.45, 7) is 5.15. The third-order valence-corrected chi connectivity index (χ3v) is 5.32. The Morgan fingerprint density at radius 1 is 1.44 bits per heavy atom. The molecule has 1 saturated heterocycles. The van der Waals surface area contributed by atoms with Crippen molar-refractivity contribution in [3.8, 4) is 0 Å². The predicted molar refractivity (Wildman–Crippen MR) is 66.4 cm³/mol. The first kappa shape index (κ1) is 12.2. The molecule has 2 rings (SSSR count). The van der Waals surface area contributed by atoms with E-state index in [0.717, 1.165) is 12.3 Å². The Balaban J connectivity index is 1.84. The van der Waals surface area contributed by atoms with Gasteiger partial charge in [0.05, 0.1) is 0 Å². The topological polar surface area (TPSA) is 49.3 Å². The van der Waals surface area contributed by atoms with Gasteiger partial charge in [0.2, 0.25) is 0 Å². The molecule has 2 fully saturated rings. The summed E-state index contributed by atoms with van der Waals surface area (Å²) in [5, 5.41) is 13.0. The highest BCUT2D eigenvalue weighted by molar-refractivity contribution is 7.99. The first-order valence-corrected chi connectivity index (χ1v) is 7.22. The van der Waals surface area contributed by atoms with Gasteiger partial charge in [0.25, 0.3) is 5.91 Å². The summed E-state index contributed by atoms with van der Waals surface area (Å²) < 4.78 is 0. The molecule has 0 bridgehead atoms. The molecule has 0 aromatic heterocycles. The molecule has 3 nitrogen and oxygen atoms in total. The van der Waals surface area contributed by atoms with Crippen molar-refractivity contribution in [2.75, 3.05) is 18.1 Å². The van der Waals surface area contributed by atoms with E-state index < -0.39 is 5.60 Å². The molecule has 0 aromatic carbocycles. The zero-order valence-electron chi connectivity index (χ0n) is 10.1. The van der Waals surface area contributed by atoms with Crippen LogP contribution < -0.4 is 5.32 Å². The van der Waals surface area contributed by atoms with E-state index in [0.29, 0.717) is 23.5 Å². The minimum absolute atomic E-state index is 0.163. The van der Waals surface area contributed by atoms with Crippen LogP contribution in [0.5, 0.6) is 0 Å². The molecule has 0 radical (unpaired) electrons. The Hall–Kier alpha value is -0.220. The van der Waals surface area contributed by atoms with Gasteiger partial charge in [0.15, 0.2) is 5.60 Å². The fourth-order valence-electron chi connectivity index (χ4n) is 2.27. The van der Waals surface area contributed by atoms with Gasteiger partial charge in [-0.15, -0.1) is 0 Å². The number of thioether (sulfide) groups is 1. The number of carbonyl (C=O) groups is 1. The molecule has 1 aliphatic carbocycles. The molecular formula is C12H21NO2S. The number of carbonyl (C=O) groups excluding carboxylic acids is 1. The van der Waals surface area contributed by atoms with Crippen molar-refractivity contribution in [1.29, 1.82) is 0 Å². The molecule has 16 heavy (non-hydrogen) atoms. The second-order valence-electron chi connectivity index (χ2n) is 5.53. The van der Waals surface area contributed by atoms with Crippen molar-refractivity contribution in [1.82, 2.24) is 5.32 Å². The second-order valence-corrected chi connectivity index (χ2v) is 6.64. The SMILES string of the molecule is CC(C)C1(CNC(=O)C2(O)CCSC2)CC1. The van der Waals surface area contributed by atoms with Gasteiger partial charge in [-0.05, 0) is 36.3 Å². The average molecular weight is 243 g/mol. The zero-order chi connectivity index (χ0) is 11.8. The number of rotatable bonds is 4. The Morgan fingerprint density at radius 2 is 2.12 bits per heavy atom. The molecule has 1 aliphatic heterocycles.